The maximum absolute atomic E-state index is 14.9. The summed E-state index contributed by atoms with van der Waals surface area (Å²) < 4.78 is 53.3. The number of allylic oxidation sites excluding steroid dienone is 1. The van der Waals surface area contributed by atoms with Crippen LogP contribution in [0.15, 0.2) is 54.2 Å². The number of nitrogens with one attached hydrogen (secondary N) is 5. The molecule has 13 heteroatoms. The molecule has 2 aromatic rings. The second-order valence-corrected chi connectivity index (χ2v) is 11.0. The summed E-state index contributed by atoms with van der Waals surface area (Å²) in [5, 5.41) is 18.7. The lowest BCUT2D eigenvalue weighted by Crippen LogP contribution is -2.57. The molecule has 0 aromatic heterocycles. The number of rotatable bonds is 8. The van der Waals surface area contributed by atoms with E-state index in [0.29, 0.717) is 49.3 Å². The molecule has 0 radical (unpaired) electrons. The molecule has 1 atom stereocenters. The van der Waals surface area contributed by atoms with E-state index in [2.05, 4.69) is 33.1 Å². The molecule has 3 aliphatic rings. The van der Waals surface area contributed by atoms with E-state index in [-0.39, 0.29) is 29.8 Å². The summed E-state index contributed by atoms with van der Waals surface area (Å²) in [5.74, 6) is 4.32. The van der Waals surface area contributed by atoms with Crippen molar-refractivity contribution in [3.8, 4) is 11.8 Å². The van der Waals surface area contributed by atoms with Gasteiger partial charge in [-0.15, -0.1) is 0 Å². The standard InChI is InChI=1S/C31H30F4N6O3/c32-24-14-23(38-25-9-11-27(42)40-28(25)43)8-10-26(24)41-17-20(18-41)3-2-19(15-36)16-37-30(12-1-13-30)29(44)39-22-6-4-21(5-7-22)31(33,34)35/h4-8,10,14-16,20,25,36-38H,1,9,11-13,17-18H2,(H,39,44)(H,40,42,43)/b19-16-,36-15?. The zero-order chi connectivity index (χ0) is 31.5. The molecule has 1 saturated carbocycles. The van der Waals surface area contributed by atoms with Gasteiger partial charge < -0.3 is 26.3 Å². The molecule has 9 nitrogen and oxygen atoms in total. The smallest absolute Gasteiger partial charge is 0.376 e. The minimum Gasteiger partial charge on any atom is -0.376 e. The van der Waals surface area contributed by atoms with Gasteiger partial charge in [-0.3, -0.25) is 19.7 Å². The highest BCUT2D eigenvalue weighted by atomic mass is 19.4. The number of hydrogen-bond donors (Lipinski definition) is 5. The van der Waals surface area contributed by atoms with Crippen molar-refractivity contribution in [2.24, 2.45) is 5.92 Å². The molecule has 3 fully saturated rings. The molecule has 44 heavy (non-hydrogen) atoms. The van der Waals surface area contributed by atoms with Gasteiger partial charge in [-0.25, -0.2) is 4.39 Å². The van der Waals surface area contributed by atoms with E-state index in [4.69, 9.17) is 5.41 Å². The van der Waals surface area contributed by atoms with Gasteiger partial charge in [0.1, 0.15) is 17.4 Å². The zero-order valence-electron chi connectivity index (χ0n) is 23.5. The average molecular weight is 611 g/mol. The van der Waals surface area contributed by atoms with Crippen LogP contribution in [-0.2, 0) is 20.6 Å². The van der Waals surface area contributed by atoms with Crippen molar-refractivity contribution in [1.29, 1.82) is 5.41 Å². The molecule has 0 spiro atoms. The van der Waals surface area contributed by atoms with Gasteiger partial charge in [0.15, 0.2) is 0 Å². The molecule has 2 heterocycles. The highest BCUT2D eigenvalue weighted by Crippen LogP contribution is 2.34. The summed E-state index contributed by atoms with van der Waals surface area (Å²) in [6.07, 6.45) is 0.452. The van der Waals surface area contributed by atoms with Crippen molar-refractivity contribution in [1.82, 2.24) is 10.6 Å². The number of hydrogen-bond acceptors (Lipinski definition) is 7. The topological polar surface area (TPSA) is 126 Å². The van der Waals surface area contributed by atoms with Gasteiger partial charge in [0, 0.05) is 43.3 Å². The van der Waals surface area contributed by atoms with Gasteiger partial charge in [-0.05, 0) is 68.1 Å². The Morgan fingerprint density at radius 3 is 2.39 bits per heavy atom. The number of alkyl halides is 3. The van der Waals surface area contributed by atoms with Gasteiger partial charge >= 0.3 is 6.18 Å². The number of halogens is 4. The first kappa shape index (κ1) is 30.6. The van der Waals surface area contributed by atoms with E-state index in [1.54, 1.807) is 12.1 Å². The van der Waals surface area contributed by atoms with Crippen molar-refractivity contribution in [3.05, 3.63) is 65.6 Å². The highest BCUT2D eigenvalue weighted by Gasteiger charge is 2.43. The lowest BCUT2D eigenvalue weighted by Gasteiger charge is -2.40. The van der Waals surface area contributed by atoms with Crippen molar-refractivity contribution < 1.29 is 31.9 Å². The van der Waals surface area contributed by atoms with E-state index in [1.807, 2.05) is 4.90 Å². The Morgan fingerprint density at radius 1 is 1.09 bits per heavy atom. The summed E-state index contributed by atoms with van der Waals surface area (Å²) in [6.45, 7) is 0.948. The normalized spacial score (nSPS) is 19.9. The number of carbonyl (C=O) groups is 3. The second kappa shape index (κ2) is 12.4. The minimum absolute atomic E-state index is 0.0698. The van der Waals surface area contributed by atoms with Crippen LogP contribution in [-0.4, -0.2) is 48.6 Å². The van der Waals surface area contributed by atoms with Crippen LogP contribution in [0.5, 0.6) is 0 Å². The predicted molar refractivity (Wildman–Crippen MR) is 156 cm³/mol. The molecule has 1 unspecified atom stereocenters. The number of amides is 3. The molecule has 2 aliphatic heterocycles. The Hall–Kier alpha value is -4.86. The van der Waals surface area contributed by atoms with Crippen LogP contribution in [0.4, 0.5) is 34.6 Å². The molecule has 2 aromatic carbocycles. The molecular weight excluding hydrogens is 580 g/mol. The SMILES string of the molecule is N=C/C(C#CC1CN(c2ccc(NC3CCC(=O)NC3=O)cc2F)C1)=C\NC1(C(=O)Nc2ccc(C(F)(F)F)cc2)CCC1. The Morgan fingerprint density at radius 2 is 1.80 bits per heavy atom. The number of benzene rings is 2. The van der Waals surface area contributed by atoms with Crippen LogP contribution < -0.4 is 26.2 Å². The Balaban J connectivity index is 1.14. The van der Waals surface area contributed by atoms with E-state index >= 15 is 0 Å². The van der Waals surface area contributed by atoms with Crippen LogP contribution in [0.25, 0.3) is 0 Å². The van der Waals surface area contributed by atoms with E-state index in [1.165, 1.54) is 24.4 Å². The molecule has 2 saturated heterocycles. The number of anilines is 3. The molecule has 5 rings (SSSR count). The van der Waals surface area contributed by atoms with Gasteiger partial charge in [-0.1, -0.05) is 11.8 Å². The van der Waals surface area contributed by atoms with Crippen LogP contribution in [0, 0.1) is 29.0 Å². The lowest BCUT2D eigenvalue weighted by molar-refractivity contribution is -0.137. The van der Waals surface area contributed by atoms with Gasteiger partial charge in [0.25, 0.3) is 0 Å². The monoisotopic (exact) mass is 610 g/mol. The van der Waals surface area contributed by atoms with Crippen molar-refractivity contribution in [2.45, 2.75) is 49.9 Å². The van der Waals surface area contributed by atoms with Crippen molar-refractivity contribution >= 4 is 41.0 Å². The number of carbonyl (C=O) groups excluding carboxylic acids is 3. The molecular formula is C31H30F4N6O3. The number of imide groups is 1. The fraction of sp³-hybridized carbons (Fsp3) is 0.355. The fourth-order valence-corrected chi connectivity index (χ4v) is 5.13. The first-order chi connectivity index (χ1) is 21.0. The van der Waals surface area contributed by atoms with Crippen LogP contribution >= 0.6 is 0 Å². The minimum atomic E-state index is -4.47. The molecule has 230 valence electrons. The van der Waals surface area contributed by atoms with E-state index < -0.39 is 35.0 Å². The summed E-state index contributed by atoms with van der Waals surface area (Å²) in [6, 6.07) is 8.22. The van der Waals surface area contributed by atoms with Crippen LogP contribution in [0.1, 0.15) is 37.7 Å². The van der Waals surface area contributed by atoms with E-state index in [0.717, 1.165) is 24.8 Å². The van der Waals surface area contributed by atoms with Crippen molar-refractivity contribution in [2.75, 3.05) is 28.6 Å². The molecule has 0 bridgehead atoms. The molecule has 5 N–H and O–H groups in total. The number of piperidine rings is 1. The van der Waals surface area contributed by atoms with Crippen LogP contribution in [0.3, 0.4) is 0 Å². The zero-order valence-corrected chi connectivity index (χ0v) is 23.5. The summed E-state index contributed by atoms with van der Waals surface area (Å²) in [7, 11) is 0. The first-order valence-electron chi connectivity index (χ1n) is 14.1. The first-order valence-corrected chi connectivity index (χ1v) is 14.1. The third kappa shape index (κ3) is 6.85. The summed E-state index contributed by atoms with van der Waals surface area (Å²) >= 11 is 0. The largest absolute Gasteiger partial charge is 0.416 e. The Kier molecular flexibility index (Phi) is 8.62. The van der Waals surface area contributed by atoms with Gasteiger partial charge in [-0.2, -0.15) is 13.2 Å². The fourth-order valence-electron chi connectivity index (χ4n) is 5.13. The molecule has 1 aliphatic carbocycles. The summed E-state index contributed by atoms with van der Waals surface area (Å²) in [5.41, 5.74) is -0.343. The van der Waals surface area contributed by atoms with Crippen LogP contribution in [0.2, 0.25) is 0 Å². The third-order valence-electron chi connectivity index (χ3n) is 7.94. The third-order valence-corrected chi connectivity index (χ3v) is 7.94. The highest BCUT2D eigenvalue weighted by molar-refractivity contribution is 6.01. The lowest BCUT2D eigenvalue weighted by atomic mass is 9.76. The Labute approximate surface area is 251 Å². The number of nitrogens with zero attached hydrogens (tertiary/aromatic N) is 1. The quantitative estimate of drug-likeness (QED) is 0.132. The maximum atomic E-state index is 14.9. The Bertz CT molecular complexity index is 1550. The maximum Gasteiger partial charge on any atom is 0.416 e. The average Bonchev–Trinajstić information content (AvgIpc) is 2.92. The molecule has 3 amide bonds. The second-order valence-electron chi connectivity index (χ2n) is 11.0. The van der Waals surface area contributed by atoms with Gasteiger partial charge in [0.05, 0.1) is 22.7 Å². The van der Waals surface area contributed by atoms with Crippen molar-refractivity contribution in [3.63, 3.8) is 0 Å². The predicted octanol–water partition coefficient (Wildman–Crippen LogP) is 4.19. The van der Waals surface area contributed by atoms with Gasteiger partial charge in [0.2, 0.25) is 17.7 Å². The van der Waals surface area contributed by atoms with E-state index in [9.17, 15) is 31.9 Å². The summed E-state index contributed by atoms with van der Waals surface area (Å²) in [4.78, 5) is 38.1.